The van der Waals surface area contributed by atoms with Crippen LogP contribution in [0.2, 0.25) is 0 Å². The number of rotatable bonds is 5. The number of ketones is 1. The maximum Gasteiger partial charge on any atom is 0.167 e. The average Bonchev–Trinajstić information content (AvgIpc) is 3.24. The van der Waals surface area contributed by atoms with Gasteiger partial charge in [0, 0.05) is 24.0 Å². The van der Waals surface area contributed by atoms with Crippen LogP contribution in [-0.4, -0.2) is 33.0 Å². The summed E-state index contributed by atoms with van der Waals surface area (Å²) in [6.07, 6.45) is 2.35. The van der Waals surface area contributed by atoms with Gasteiger partial charge >= 0.3 is 0 Å². The first-order chi connectivity index (χ1) is 15.3. The molecule has 2 unspecified atom stereocenters. The Morgan fingerprint density at radius 2 is 2.00 bits per heavy atom. The van der Waals surface area contributed by atoms with Crippen LogP contribution in [0.3, 0.4) is 0 Å². The number of carbonyl (C=O) groups is 1. The number of aryl methyl sites for hydroxylation is 2. The van der Waals surface area contributed by atoms with E-state index in [9.17, 15) is 14.3 Å². The molecular weight excluding hydrogens is 409 g/mol. The Balaban J connectivity index is 1.62. The van der Waals surface area contributed by atoms with Gasteiger partial charge in [0.1, 0.15) is 23.0 Å². The summed E-state index contributed by atoms with van der Waals surface area (Å²) in [5, 5.41) is 19.3. The molecule has 0 bridgehead atoms. The molecule has 7 heteroatoms. The molecule has 1 aliphatic carbocycles. The lowest BCUT2D eigenvalue weighted by molar-refractivity contribution is -0.115. The summed E-state index contributed by atoms with van der Waals surface area (Å²) < 4.78 is 20.7. The molecule has 0 saturated carbocycles. The van der Waals surface area contributed by atoms with E-state index in [-0.39, 0.29) is 35.7 Å². The lowest BCUT2D eigenvalue weighted by Crippen LogP contribution is -2.26. The molecule has 0 amide bonds. The number of aliphatic hydroxyl groups is 1. The zero-order chi connectivity index (χ0) is 23.0. The van der Waals surface area contributed by atoms with Crippen LogP contribution < -0.4 is 4.74 Å². The number of hydrogen-bond donors (Lipinski definition) is 1. The van der Waals surface area contributed by atoms with Gasteiger partial charge in [0.2, 0.25) is 0 Å². The third kappa shape index (κ3) is 4.02. The van der Waals surface area contributed by atoms with Crippen molar-refractivity contribution >= 4 is 11.4 Å². The van der Waals surface area contributed by atoms with E-state index >= 15 is 0 Å². The highest BCUT2D eigenvalue weighted by Gasteiger charge is 2.34. The molecule has 0 fully saturated rings. The van der Waals surface area contributed by atoms with Gasteiger partial charge in [-0.25, -0.2) is 9.07 Å². The third-order valence-corrected chi connectivity index (χ3v) is 6.11. The van der Waals surface area contributed by atoms with Crippen LogP contribution >= 0.6 is 0 Å². The number of hydrogen-bond acceptors (Lipinski definition) is 5. The number of aliphatic hydroxyl groups excluding tert-OH is 1. The van der Waals surface area contributed by atoms with Gasteiger partial charge < -0.3 is 9.84 Å². The summed E-state index contributed by atoms with van der Waals surface area (Å²) in [4.78, 5) is 13.2. The summed E-state index contributed by atoms with van der Waals surface area (Å²) in [6, 6.07) is 9.84. The van der Waals surface area contributed by atoms with Gasteiger partial charge in [0.15, 0.2) is 5.78 Å². The topological polar surface area (TPSA) is 77.2 Å². The minimum atomic E-state index is -0.340. The maximum atomic E-state index is 13.5. The van der Waals surface area contributed by atoms with Crippen LogP contribution in [0, 0.1) is 25.6 Å². The predicted molar refractivity (Wildman–Crippen MR) is 120 cm³/mol. The van der Waals surface area contributed by atoms with Gasteiger partial charge in [0.05, 0.1) is 24.9 Å². The molecule has 2 atom stereocenters. The van der Waals surface area contributed by atoms with E-state index in [2.05, 4.69) is 10.3 Å². The number of Topliss-reactive ketones (excluding diaryl/α,β-unsaturated/α-hetero) is 1. The lowest BCUT2D eigenvalue weighted by Gasteiger charge is -2.29. The van der Waals surface area contributed by atoms with E-state index in [1.165, 1.54) is 12.1 Å². The molecule has 1 aliphatic rings. The molecule has 0 saturated heterocycles. The SMILES string of the molecule is COc1cc(C)cc(C)c1C1=C(O)CC(C(C)n2cc(-c3cccc(F)c3)nn2)CC1=O. The molecule has 2 aromatic carbocycles. The minimum Gasteiger partial charge on any atom is -0.512 e. The lowest BCUT2D eigenvalue weighted by atomic mass is 9.79. The highest BCUT2D eigenvalue weighted by Crippen LogP contribution is 2.41. The molecule has 0 spiro atoms. The highest BCUT2D eigenvalue weighted by molar-refractivity contribution is 6.23. The first-order valence-electron chi connectivity index (χ1n) is 10.6. The molecule has 0 radical (unpaired) electrons. The summed E-state index contributed by atoms with van der Waals surface area (Å²) >= 11 is 0. The van der Waals surface area contributed by atoms with Crippen molar-refractivity contribution in [1.82, 2.24) is 15.0 Å². The number of ether oxygens (including phenoxy) is 1. The van der Waals surface area contributed by atoms with Crippen molar-refractivity contribution in [2.75, 3.05) is 7.11 Å². The van der Waals surface area contributed by atoms with Crippen LogP contribution in [-0.2, 0) is 4.79 Å². The first kappa shape index (κ1) is 21.7. The monoisotopic (exact) mass is 435 g/mol. The fourth-order valence-corrected chi connectivity index (χ4v) is 4.43. The number of benzene rings is 2. The third-order valence-electron chi connectivity index (χ3n) is 6.11. The van der Waals surface area contributed by atoms with Gasteiger partial charge in [-0.15, -0.1) is 5.10 Å². The molecular formula is C25H26FN3O3. The summed E-state index contributed by atoms with van der Waals surface area (Å²) in [7, 11) is 1.56. The summed E-state index contributed by atoms with van der Waals surface area (Å²) in [6.45, 7) is 5.82. The number of halogens is 1. The zero-order valence-electron chi connectivity index (χ0n) is 18.6. The molecule has 1 heterocycles. The van der Waals surface area contributed by atoms with E-state index in [1.807, 2.05) is 32.9 Å². The van der Waals surface area contributed by atoms with Crippen LogP contribution in [0.1, 0.15) is 42.5 Å². The van der Waals surface area contributed by atoms with Gasteiger partial charge in [0.25, 0.3) is 0 Å². The van der Waals surface area contributed by atoms with Gasteiger partial charge in [-0.05, 0) is 56.0 Å². The van der Waals surface area contributed by atoms with Crippen molar-refractivity contribution in [3.63, 3.8) is 0 Å². The van der Waals surface area contributed by atoms with E-state index < -0.39 is 0 Å². The standard InChI is InChI=1S/C25H26FN3O3/c1-14-8-15(2)24(23(9-14)32-4)25-21(30)11-18(12-22(25)31)16(3)29-13-20(27-28-29)17-6-5-7-19(26)10-17/h5-10,13,16,18,30H,11-12H2,1-4H3. The predicted octanol–water partition coefficient (Wildman–Crippen LogP) is 5.22. The van der Waals surface area contributed by atoms with Crippen molar-refractivity contribution in [2.24, 2.45) is 5.92 Å². The largest absolute Gasteiger partial charge is 0.512 e. The maximum absolute atomic E-state index is 13.5. The summed E-state index contributed by atoms with van der Waals surface area (Å²) in [5.41, 5.74) is 4.09. The van der Waals surface area contributed by atoms with Crippen molar-refractivity contribution in [3.8, 4) is 17.0 Å². The molecule has 4 rings (SSSR count). The quantitative estimate of drug-likeness (QED) is 0.595. The van der Waals surface area contributed by atoms with Gasteiger partial charge in [-0.1, -0.05) is 23.4 Å². The van der Waals surface area contributed by atoms with E-state index in [1.54, 1.807) is 30.1 Å². The number of aromatic nitrogens is 3. The number of methoxy groups -OCH3 is 1. The van der Waals surface area contributed by atoms with Crippen LogP contribution in [0.5, 0.6) is 5.75 Å². The van der Waals surface area contributed by atoms with Crippen LogP contribution in [0.15, 0.2) is 48.4 Å². The Kier molecular flexibility index (Phi) is 5.82. The molecule has 3 aromatic rings. The van der Waals surface area contributed by atoms with E-state index in [0.717, 1.165) is 11.1 Å². The average molecular weight is 435 g/mol. The molecule has 0 aliphatic heterocycles. The Morgan fingerprint density at radius 1 is 1.22 bits per heavy atom. The molecule has 166 valence electrons. The van der Waals surface area contributed by atoms with Crippen LogP contribution in [0.25, 0.3) is 16.8 Å². The van der Waals surface area contributed by atoms with Crippen molar-refractivity contribution in [1.29, 1.82) is 0 Å². The molecule has 1 aromatic heterocycles. The van der Waals surface area contributed by atoms with E-state index in [0.29, 0.717) is 34.6 Å². The van der Waals surface area contributed by atoms with Crippen molar-refractivity contribution in [3.05, 3.63) is 70.9 Å². The van der Waals surface area contributed by atoms with Crippen molar-refractivity contribution < 1.29 is 19.0 Å². The second kappa shape index (κ2) is 8.57. The second-order valence-corrected chi connectivity index (χ2v) is 8.41. The molecule has 6 nitrogen and oxygen atoms in total. The zero-order valence-corrected chi connectivity index (χ0v) is 18.6. The van der Waals surface area contributed by atoms with Crippen LogP contribution in [0.4, 0.5) is 4.39 Å². The highest BCUT2D eigenvalue weighted by atomic mass is 19.1. The van der Waals surface area contributed by atoms with Gasteiger partial charge in [-0.2, -0.15) is 0 Å². The van der Waals surface area contributed by atoms with Crippen molar-refractivity contribution in [2.45, 2.75) is 39.7 Å². The second-order valence-electron chi connectivity index (χ2n) is 8.41. The molecule has 32 heavy (non-hydrogen) atoms. The fourth-order valence-electron chi connectivity index (χ4n) is 4.43. The minimum absolute atomic E-state index is 0.0637. The Morgan fingerprint density at radius 3 is 2.69 bits per heavy atom. The number of carbonyl (C=O) groups excluding carboxylic acids is 1. The summed E-state index contributed by atoms with van der Waals surface area (Å²) in [5.74, 6) is 0.0347. The van der Waals surface area contributed by atoms with E-state index in [4.69, 9.17) is 4.74 Å². The Labute approximate surface area is 186 Å². The van der Waals surface area contributed by atoms with Gasteiger partial charge in [-0.3, -0.25) is 4.79 Å². The normalized spacial score (nSPS) is 17.5. The Bertz CT molecular complexity index is 1210. The smallest absolute Gasteiger partial charge is 0.167 e. The number of nitrogens with zero attached hydrogens (tertiary/aromatic N) is 3. The molecule has 1 N–H and O–H groups in total. The fraction of sp³-hybridized carbons (Fsp3) is 0.320. The Hall–Kier alpha value is -3.48. The first-order valence-corrected chi connectivity index (χ1v) is 10.6. The number of allylic oxidation sites excluding steroid dienone is 2.